The van der Waals surface area contributed by atoms with Crippen LogP contribution in [0.4, 0.5) is 0 Å². The van der Waals surface area contributed by atoms with Crippen LogP contribution in [0.25, 0.3) is 6.08 Å². The topological polar surface area (TPSA) is 121 Å². The number of aromatic nitrogens is 1. The Bertz CT molecular complexity index is 1060. The van der Waals surface area contributed by atoms with E-state index in [2.05, 4.69) is 15.3 Å². The highest BCUT2D eigenvalue weighted by atomic mass is 32.1. The number of nitrogens with zero attached hydrogens (tertiary/aromatic N) is 2. The molecule has 3 N–H and O–H groups in total. The molecule has 8 nitrogen and oxygen atoms in total. The van der Waals surface area contributed by atoms with Crippen LogP contribution in [-0.4, -0.2) is 57.6 Å². The Morgan fingerprint density at radius 3 is 2.68 bits per heavy atom. The van der Waals surface area contributed by atoms with E-state index in [4.69, 9.17) is 4.74 Å². The highest BCUT2D eigenvalue weighted by Gasteiger charge is 2.42. The molecule has 0 saturated carbocycles. The summed E-state index contributed by atoms with van der Waals surface area (Å²) in [7, 11) is 0. The fourth-order valence-corrected chi connectivity index (χ4v) is 5.61. The third-order valence-electron chi connectivity index (χ3n) is 7.72. The molecule has 1 fully saturated rings. The summed E-state index contributed by atoms with van der Waals surface area (Å²) in [6.45, 7) is 10.7. The molecule has 0 amide bonds. The SMILES string of the molecule is CC(=Cc1csc(C)n1)[C@@H]1CC2N=CNC=C2CCC[C@H](C)[C@H](O)[C@@H](C)C(=O)C(C)(C)[C@@H](O)CC(=O)O1. The number of nitrogens with one attached hydrogen (secondary N) is 1. The van der Waals surface area contributed by atoms with Crippen molar-refractivity contribution in [3.63, 3.8) is 0 Å². The summed E-state index contributed by atoms with van der Waals surface area (Å²) in [6.07, 6.45) is 5.33. The van der Waals surface area contributed by atoms with E-state index in [-0.39, 0.29) is 24.2 Å². The number of cyclic esters (lactones) is 1. The molecule has 1 unspecified atom stereocenters. The van der Waals surface area contributed by atoms with Gasteiger partial charge in [-0.2, -0.15) is 0 Å². The average Bonchev–Trinajstić information content (AvgIpc) is 3.26. The lowest BCUT2D eigenvalue weighted by Gasteiger charge is -2.35. The number of fused-ring (bicyclic) bond motifs is 1. The van der Waals surface area contributed by atoms with Crippen LogP contribution in [0.15, 0.2) is 27.7 Å². The quantitative estimate of drug-likeness (QED) is 0.489. The first-order chi connectivity index (χ1) is 17.4. The zero-order valence-electron chi connectivity index (χ0n) is 22.7. The van der Waals surface area contributed by atoms with E-state index in [9.17, 15) is 19.8 Å². The van der Waals surface area contributed by atoms with Crippen LogP contribution in [0.1, 0.15) is 77.4 Å². The summed E-state index contributed by atoms with van der Waals surface area (Å²) in [4.78, 5) is 35.5. The Labute approximate surface area is 223 Å². The smallest absolute Gasteiger partial charge is 0.309 e. The van der Waals surface area contributed by atoms with Crippen LogP contribution in [0.3, 0.4) is 0 Å². The van der Waals surface area contributed by atoms with Gasteiger partial charge in [0.25, 0.3) is 0 Å². The summed E-state index contributed by atoms with van der Waals surface area (Å²) < 4.78 is 5.93. The van der Waals surface area contributed by atoms with E-state index < -0.39 is 35.6 Å². The second-order valence-corrected chi connectivity index (χ2v) is 12.1. The van der Waals surface area contributed by atoms with Crippen molar-refractivity contribution in [3.8, 4) is 0 Å². The van der Waals surface area contributed by atoms with Crippen molar-refractivity contribution < 1.29 is 24.5 Å². The van der Waals surface area contributed by atoms with Crippen LogP contribution in [0.5, 0.6) is 0 Å². The highest BCUT2D eigenvalue weighted by molar-refractivity contribution is 7.09. The number of ether oxygens (including phenoxy) is 1. The van der Waals surface area contributed by atoms with Crippen molar-refractivity contribution in [1.82, 2.24) is 10.3 Å². The van der Waals surface area contributed by atoms with Crippen molar-refractivity contribution in [2.45, 2.75) is 98.0 Å². The molecule has 37 heavy (non-hydrogen) atoms. The van der Waals surface area contributed by atoms with Gasteiger partial charge in [-0.15, -0.1) is 11.3 Å². The number of rotatable bonds is 2. The number of aliphatic imine (C=N–C) groups is 1. The molecule has 0 radical (unpaired) electrons. The first-order valence-electron chi connectivity index (χ1n) is 13.1. The molecule has 2 aliphatic heterocycles. The van der Waals surface area contributed by atoms with E-state index in [0.717, 1.165) is 41.1 Å². The van der Waals surface area contributed by atoms with E-state index in [1.807, 2.05) is 38.4 Å². The molecule has 6 atom stereocenters. The van der Waals surface area contributed by atoms with Gasteiger partial charge >= 0.3 is 5.97 Å². The second-order valence-electron chi connectivity index (χ2n) is 11.0. The van der Waals surface area contributed by atoms with Gasteiger partial charge in [0.05, 0.1) is 47.1 Å². The van der Waals surface area contributed by atoms with Crippen LogP contribution >= 0.6 is 11.3 Å². The maximum absolute atomic E-state index is 13.3. The minimum atomic E-state index is -1.25. The van der Waals surface area contributed by atoms with Crippen molar-refractivity contribution in [1.29, 1.82) is 0 Å². The molecule has 0 aromatic carbocycles. The van der Waals surface area contributed by atoms with Gasteiger partial charge < -0.3 is 20.3 Å². The Balaban J connectivity index is 1.92. The molecule has 0 bridgehead atoms. The van der Waals surface area contributed by atoms with Gasteiger partial charge in [0.1, 0.15) is 11.9 Å². The van der Waals surface area contributed by atoms with Gasteiger partial charge in [0.15, 0.2) is 0 Å². The third kappa shape index (κ3) is 7.36. The molecule has 204 valence electrons. The van der Waals surface area contributed by atoms with E-state index in [0.29, 0.717) is 6.42 Å². The summed E-state index contributed by atoms with van der Waals surface area (Å²) in [6, 6.07) is -0.172. The molecule has 3 rings (SSSR count). The van der Waals surface area contributed by atoms with Crippen molar-refractivity contribution >= 4 is 35.5 Å². The lowest BCUT2D eigenvalue weighted by molar-refractivity contribution is -0.154. The Morgan fingerprint density at radius 2 is 2.00 bits per heavy atom. The maximum Gasteiger partial charge on any atom is 0.309 e. The molecule has 2 aliphatic rings. The summed E-state index contributed by atoms with van der Waals surface area (Å²) >= 11 is 1.55. The summed E-state index contributed by atoms with van der Waals surface area (Å²) in [5.41, 5.74) is 1.52. The highest BCUT2D eigenvalue weighted by Crippen LogP contribution is 2.33. The molecular weight excluding hydrogens is 490 g/mol. The van der Waals surface area contributed by atoms with Gasteiger partial charge in [0.2, 0.25) is 0 Å². The van der Waals surface area contributed by atoms with Crippen molar-refractivity contribution in [2.75, 3.05) is 0 Å². The molecule has 1 aromatic rings. The zero-order valence-corrected chi connectivity index (χ0v) is 23.5. The molecule has 1 saturated heterocycles. The van der Waals surface area contributed by atoms with Gasteiger partial charge in [-0.25, -0.2) is 4.98 Å². The number of Topliss-reactive ketones (excluding diaryl/α,β-unsaturated/α-hetero) is 1. The maximum atomic E-state index is 13.3. The molecule has 1 aromatic heterocycles. The van der Waals surface area contributed by atoms with Gasteiger partial charge in [-0.1, -0.05) is 27.7 Å². The number of ketones is 1. The largest absolute Gasteiger partial charge is 0.458 e. The number of thiazole rings is 1. The predicted octanol–water partition coefficient (Wildman–Crippen LogP) is 4.20. The zero-order chi connectivity index (χ0) is 27.3. The van der Waals surface area contributed by atoms with Crippen molar-refractivity contribution in [2.24, 2.45) is 22.2 Å². The number of hydrogen-bond donors (Lipinski definition) is 3. The summed E-state index contributed by atoms with van der Waals surface area (Å²) in [5.74, 6) is -1.61. The number of aliphatic hydroxyl groups is 2. The minimum Gasteiger partial charge on any atom is -0.458 e. The van der Waals surface area contributed by atoms with Gasteiger partial charge in [0, 0.05) is 23.9 Å². The number of hydrogen-bond acceptors (Lipinski definition) is 9. The van der Waals surface area contributed by atoms with Crippen LogP contribution in [0.2, 0.25) is 0 Å². The molecule has 0 aliphatic carbocycles. The Hall–Kier alpha value is -2.36. The Kier molecular flexibility index (Phi) is 9.83. The first kappa shape index (κ1) is 29.2. The van der Waals surface area contributed by atoms with Crippen molar-refractivity contribution in [3.05, 3.63) is 33.4 Å². The molecule has 3 heterocycles. The van der Waals surface area contributed by atoms with E-state index >= 15 is 0 Å². The molecule has 0 spiro atoms. The van der Waals surface area contributed by atoms with Gasteiger partial charge in [-0.05, 0) is 56.3 Å². The molecule has 9 heteroatoms. The first-order valence-corrected chi connectivity index (χ1v) is 13.9. The van der Waals surface area contributed by atoms with Gasteiger partial charge in [-0.3, -0.25) is 14.6 Å². The predicted molar refractivity (Wildman–Crippen MR) is 146 cm³/mol. The number of carbonyl (C=O) groups is 2. The minimum absolute atomic E-state index is 0.0941. The average molecular weight is 532 g/mol. The van der Waals surface area contributed by atoms with Crippen LogP contribution in [-0.2, 0) is 14.3 Å². The monoisotopic (exact) mass is 531 g/mol. The van der Waals surface area contributed by atoms with E-state index in [1.54, 1.807) is 38.4 Å². The number of esters is 1. The number of carbonyl (C=O) groups excluding carboxylic acids is 2. The lowest BCUT2D eigenvalue weighted by Crippen LogP contribution is -2.45. The standard InChI is InChI=1S/C28H41N3O5S/c1-16-8-7-9-20-13-29-15-30-22(20)11-23(17(2)10-21-14-37-19(4)31-21)36-25(33)12-24(32)28(5,6)27(35)18(3)26(16)34/h10,13-16,18,22-24,26,32,34H,7-9,11-12H2,1-6H3,(H,29,30)/t16-,18+,22?,23-,24-,26-/m0/s1. The molecular formula is C28H41N3O5S. The lowest BCUT2D eigenvalue weighted by atomic mass is 9.73. The third-order valence-corrected chi connectivity index (χ3v) is 8.51. The number of aliphatic hydroxyl groups excluding tert-OH is 2. The van der Waals surface area contributed by atoms with Crippen LogP contribution in [0, 0.1) is 24.2 Å². The fraction of sp³-hybridized carbons (Fsp3) is 0.643. The fourth-order valence-electron chi connectivity index (χ4n) is 5.04. The van der Waals surface area contributed by atoms with E-state index in [1.165, 1.54) is 0 Å². The second kappa shape index (κ2) is 12.5. The summed E-state index contributed by atoms with van der Waals surface area (Å²) in [5, 5.41) is 27.8. The number of aryl methyl sites for hydroxylation is 1. The normalized spacial score (nSPS) is 32.2. The Morgan fingerprint density at radius 1 is 1.27 bits per heavy atom. The van der Waals surface area contributed by atoms with Crippen LogP contribution < -0.4 is 5.32 Å².